The van der Waals surface area contributed by atoms with Crippen LogP contribution in [0.3, 0.4) is 0 Å². The van der Waals surface area contributed by atoms with E-state index in [1.165, 1.54) is 18.7 Å². The van der Waals surface area contributed by atoms with E-state index in [0.717, 1.165) is 31.6 Å². The largest absolute Gasteiger partial charge is 0.370 e. The Labute approximate surface area is 129 Å². The van der Waals surface area contributed by atoms with Gasteiger partial charge in [-0.2, -0.15) is 5.26 Å². The lowest BCUT2D eigenvalue weighted by atomic mass is 9.95. The standard InChI is InChI=1S/C16H18N6/c17-9-13-1-2-15(10-18-13)21-7-5-12(6-8-21)16-20-19-11-22(16)14-3-4-14/h1-2,10-12,14H,3-8H2. The van der Waals surface area contributed by atoms with E-state index in [4.69, 9.17) is 5.26 Å². The lowest BCUT2D eigenvalue weighted by molar-refractivity contribution is 0.465. The van der Waals surface area contributed by atoms with E-state index < -0.39 is 0 Å². The summed E-state index contributed by atoms with van der Waals surface area (Å²) in [5, 5.41) is 17.3. The smallest absolute Gasteiger partial charge is 0.140 e. The van der Waals surface area contributed by atoms with Crippen molar-refractivity contribution in [3.8, 4) is 6.07 Å². The van der Waals surface area contributed by atoms with Crippen LogP contribution in [0.25, 0.3) is 0 Å². The Morgan fingerprint density at radius 3 is 2.59 bits per heavy atom. The van der Waals surface area contributed by atoms with Gasteiger partial charge in [-0.15, -0.1) is 10.2 Å². The zero-order chi connectivity index (χ0) is 14.9. The number of nitriles is 1. The summed E-state index contributed by atoms with van der Waals surface area (Å²) in [6.07, 6.45) is 8.40. The summed E-state index contributed by atoms with van der Waals surface area (Å²) in [5.74, 6) is 1.67. The van der Waals surface area contributed by atoms with Crippen LogP contribution in [0, 0.1) is 11.3 Å². The van der Waals surface area contributed by atoms with Gasteiger partial charge in [0, 0.05) is 25.0 Å². The van der Waals surface area contributed by atoms with Crippen molar-refractivity contribution in [2.24, 2.45) is 0 Å². The highest BCUT2D eigenvalue weighted by Crippen LogP contribution is 2.38. The van der Waals surface area contributed by atoms with Crippen molar-refractivity contribution >= 4 is 5.69 Å². The second-order valence-corrected chi connectivity index (χ2v) is 6.10. The van der Waals surface area contributed by atoms with Gasteiger partial charge in [0.2, 0.25) is 0 Å². The minimum atomic E-state index is 0.469. The highest BCUT2D eigenvalue weighted by Gasteiger charge is 2.31. The maximum absolute atomic E-state index is 8.81. The van der Waals surface area contributed by atoms with Gasteiger partial charge in [0.05, 0.1) is 11.9 Å². The van der Waals surface area contributed by atoms with Crippen molar-refractivity contribution in [3.63, 3.8) is 0 Å². The van der Waals surface area contributed by atoms with Gasteiger partial charge in [-0.25, -0.2) is 4.98 Å². The molecule has 0 amide bonds. The molecule has 6 heteroatoms. The van der Waals surface area contributed by atoms with Crippen LogP contribution in [0.5, 0.6) is 0 Å². The van der Waals surface area contributed by atoms with E-state index in [1.807, 2.05) is 12.4 Å². The molecular weight excluding hydrogens is 276 g/mol. The van der Waals surface area contributed by atoms with Crippen molar-refractivity contribution in [2.45, 2.75) is 37.6 Å². The van der Waals surface area contributed by atoms with Gasteiger partial charge < -0.3 is 9.47 Å². The fraction of sp³-hybridized carbons (Fsp3) is 0.500. The summed E-state index contributed by atoms with van der Waals surface area (Å²) in [4.78, 5) is 6.49. The average Bonchev–Trinajstić information content (AvgIpc) is 3.32. The molecule has 3 heterocycles. The van der Waals surface area contributed by atoms with E-state index in [9.17, 15) is 0 Å². The fourth-order valence-corrected chi connectivity index (χ4v) is 3.21. The van der Waals surface area contributed by atoms with E-state index >= 15 is 0 Å². The molecule has 2 fully saturated rings. The Balaban J connectivity index is 1.43. The third-order valence-electron chi connectivity index (χ3n) is 4.63. The number of piperidine rings is 1. The van der Waals surface area contributed by atoms with Crippen molar-refractivity contribution in [1.29, 1.82) is 5.26 Å². The van der Waals surface area contributed by atoms with Crippen LogP contribution in [-0.4, -0.2) is 32.8 Å². The maximum atomic E-state index is 8.81. The molecule has 0 aromatic carbocycles. The number of nitrogens with zero attached hydrogens (tertiary/aromatic N) is 6. The maximum Gasteiger partial charge on any atom is 0.140 e. The summed E-state index contributed by atoms with van der Waals surface area (Å²) in [6, 6.07) is 6.47. The molecule has 4 rings (SSSR count). The monoisotopic (exact) mass is 294 g/mol. The molecule has 2 aliphatic rings. The summed E-state index contributed by atoms with van der Waals surface area (Å²) < 4.78 is 2.28. The van der Waals surface area contributed by atoms with Gasteiger partial charge in [0.1, 0.15) is 23.9 Å². The summed E-state index contributed by atoms with van der Waals surface area (Å²) in [7, 11) is 0. The van der Waals surface area contributed by atoms with Gasteiger partial charge >= 0.3 is 0 Å². The number of aromatic nitrogens is 4. The van der Waals surface area contributed by atoms with Gasteiger partial charge in [-0.05, 0) is 37.8 Å². The molecule has 1 aliphatic heterocycles. The Morgan fingerprint density at radius 1 is 1.14 bits per heavy atom. The number of pyridine rings is 1. The first-order valence-corrected chi connectivity index (χ1v) is 7.85. The molecule has 2 aromatic heterocycles. The number of hydrogen-bond acceptors (Lipinski definition) is 5. The van der Waals surface area contributed by atoms with Crippen LogP contribution in [0.2, 0.25) is 0 Å². The molecule has 0 radical (unpaired) electrons. The highest BCUT2D eigenvalue weighted by molar-refractivity contribution is 5.46. The lowest BCUT2D eigenvalue weighted by Crippen LogP contribution is -2.33. The molecule has 0 bridgehead atoms. The normalized spacial score (nSPS) is 19.1. The predicted molar refractivity (Wildman–Crippen MR) is 81.4 cm³/mol. The van der Waals surface area contributed by atoms with Gasteiger partial charge in [0.15, 0.2) is 0 Å². The van der Waals surface area contributed by atoms with Crippen LogP contribution in [0.15, 0.2) is 24.7 Å². The van der Waals surface area contributed by atoms with Crippen LogP contribution in [0.1, 0.15) is 49.2 Å². The molecule has 0 spiro atoms. The number of rotatable bonds is 3. The first kappa shape index (κ1) is 13.3. The minimum absolute atomic E-state index is 0.469. The van der Waals surface area contributed by atoms with Crippen molar-refractivity contribution < 1.29 is 0 Å². The molecule has 2 aromatic rings. The lowest BCUT2D eigenvalue weighted by Gasteiger charge is -2.33. The van der Waals surface area contributed by atoms with Crippen molar-refractivity contribution in [1.82, 2.24) is 19.7 Å². The van der Waals surface area contributed by atoms with Gasteiger partial charge in [-0.3, -0.25) is 0 Å². The summed E-state index contributed by atoms with van der Waals surface area (Å²) >= 11 is 0. The van der Waals surface area contributed by atoms with E-state index in [0.29, 0.717) is 17.7 Å². The third kappa shape index (κ3) is 2.43. The fourth-order valence-electron chi connectivity index (χ4n) is 3.21. The molecule has 1 aliphatic carbocycles. The Hall–Kier alpha value is -2.42. The molecule has 0 N–H and O–H groups in total. The Morgan fingerprint density at radius 2 is 1.95 bits per heavy atom. The quantitative estimate of drug-likeness (QED) is 0.868. The summed E-state index contributed by atoms with van der Waals surface area (Å²) in [6.45, 7) is 1.99. The highest BCUT2D eigenvalue weighted by atomic mass is 15.3. The van der Waals surface area contributed by atoms with Crippen LogP contribution >= 0.6 is 0 Å². The average molecular weight is 294 g/mol. The molecule has 0 atom stereocenters. The minimum Gasteiger partial charge on any atom is -0.370 e. The topological polar surface area (TPSA) is 70.6 Å². The van der Waals surface area contributed by atoms with Gasteiger partial charge in [-0.1, -0.05) is 0 Å². The molecule has 6 nitrogen and oxygen atoms in total. The van der Waals surface area contributed by atoms with Crippen LogP contribution in [0.4, 0.5) is 5.69 Å². The van der Waals surface area contributed by atoms with E-state index in [1.54, 1.807) is 12.3 Å². The zero-order valence-electron chi connectivity index (χ0n) is 12.4. The number of anilines is 1. The van der Waals surface area contributed by atoms with Crippen LogP contribution < -0.4 is 4.90 Å². The van der Waals surface area contributed by atoms with E-state index in [2.05, 4.69) is 30.7 Å². The Kier molecular flexibility index (Phi) is 3.26. The molecule has 22 heavy (non-hydrogen) atoms. The third-order valence-corrected chi connectivity index (χ3v) is 4.63. The molecule has 1 saturated carbocycles. The molecule has 1 saturated heterocycles. The predicted octanol–water partition coefficient (Wildman–Crippen LogP) is 2.26. The summed E-state index contributed by atoms with van der Waals surface area (Å²) in [5.41, 5.74) is 1.57. The van der Waals surface area contributed by atoms with Crippen molar-refractivity contribution in [3.05, 3.63) is 36.2 Å². The van der Waals surface area contributed by atoms with Gasteiger partial charge in [0.25, 0.3) is 0 Å². The number of hydrogen-bond donors (Lipinski definition) is 0. The second kappa shape index (κ2) is 5.41. The molecular formula is C16H18N6. The van der Waals surface area contributed by atoms with E-state index in [-0.39, 0.29) is 0 Å². The molecule has 0 unspecified atom stereocenters. The zero-order valence-corrected chi connectivity index (χ0v) is 12.4. The van der Waals surface area contributed by atoms with Crippen molar-refractivity contribution in [2.75, 3.05) is 18.0 Å². The molecule has 112 valence electrons. The first-order chi connectivity index (χ1) is 10.8. The Bertz CT molecular complexity index is 686. The SMILES string of the molecule is N#Cc1ccc(N2CCC(c3nncn3C3CC3)CC2)cn1. The van der Waals surface area contributed by atoms with Crippen LogP contribution in [-0.2, 0) is 0 Å². The first-order valence-electron chi connectivity index (χ1n) is 7.85. The second-order valence-electron chi connectivity index (χ2n) is 6.10.